The Morgan fingerprint density at radius 3 is 2.63 bits per heavy atom. The van der Waals surface area contributed by atoms with Crippen molar-refractivity contribution in [3.05, 3.63) is 47.5 Å². The van der Waals surface area contributed by atoms with Crippen molar-refractivity contribution in [3.63, 3.8) is 0 Å². The second-order valence-corrected chi connectivity index (χ2v) is 4.27. The van der Waals surface area contributed by atoms with E-state index < -0.39 is 5.97 Å². The summed E-state index contributed by atoms with van der Waals surface area (Å²) >= 11 is 0. The number of carboxylic acid groups (broad SMARTS) is 1. The Kier molecular flexibility index (Phi) is 3.50. The molecule has 0 spiro atoms. The van der Waals surface area contributed by atoms with Crippen LogP contribution in [0.3, 0.4) is 0 Å². The molecular formula is C13H14FN3O2. The van der Waals surface area contributed by atoms with Crippen molar-refractivity contribution in [2.24, 2.45) is 7.05 Å². The molecule has 0 bridgehead atoms. The van der Waals surface area contributed by atoms with Crippen molar-refractivity contribution < 1.29 is 14.3 Å². The Morgan fingerprint density at radius 1 is 1.42 bits per heavy atom. The topological polar surface area (TPSA) is 58.4 Å². The molecule has 2 aromatic rings. The third kappa shape index (κ3) is 2.73. The SMILES string of the molecule is CN(Cc1c(C(=O)O)cnn1C)c1ccc(F)cc1. The van der Waals surface area contributed by atoms with E-state index in [1.165, 1.54) is 23.0 Å². The maximum absolute atomic E-state index is 12.9. The summed E-state index contributed by atoms with van der Waals surface area (Å²) in [5.74, 6) is -1.31. The highest BCUT2D eigenvalue weighted by atomic mass is 19.1. The molecule has 0 amide bonds. The second kappa shape index (κ2) is 5.09. The number of halogens is 1. The molecule has 6 heteroatoms. The Balaban J connectivity index is 2.23. The second-order valence-electron chi connectivity index (χ2n) is 4.27. The Morgan fingerprint density at radius 2 is 2.05 bits per heavy atom. The molecule has 0 saturated carbocycles. The van der Waals surface area contributed by atoms with Crippen molar-refractivity contribution in [2.75, 3.05) is 11.9 Å². The summed E-state index contributed by atoms with van der Waals surface area (Å²) in [6.45, 7) is 0.379. The predicted octanol–water partition coefficient (Wildman–Crippen LogP) is 1.89. The van der Waals surface area contributed by atoms with Gasteiger partial charge in [-0.05, 0) is 24.3 Å². The molecule has 0 aliphatic rings. The third-order valence-electron chi connectivity index (χ3n) is 2.95. The fraction of sp³-hybridized carbons (Fsp3) is 0.231. The van der Waals surface area contributed by atoms with Crippen molar-refractivity contribution in [2.45, 2.75) is 6.54 Å². The fourth-order valence-electron chi connectivity index (χ4n) is 1.84. The fourth-order valence-corrected chi connectivity index (χ4v) is 1.84. The van der Waals surface area contributed by atoms with Gasteiger partial charge in [0.1, 0.15) is 11.4 Å². The summed E-state index contributed by atoms with van der Waals surface area (Å²) in [7, 11) is 3.51. The van der Waals surface area contributed by atoms with Crippen molar-refractivity contribution in [1.82, 2.24) is 9.78 Å². The van der Waals surface area contributed by atoms with Gasteiger partial charge in [0.2, 0.25) is 0 Å². The average molecular weight is 263 g/mol. The van der Waals surface area contributed by atoms with E-state index in [0.29, 0.717) is 12.2 Å². The first-order valence-corrected chi connectivity index (χ1v) is 5.70. The van der Waals surface area contributed by atoms with Gasteiger partial charge in [0.25, 0.3) is 0 Å². The molecule has 0 saturated heterocycles. The van der Waals surface area contributed by atoms with Gasteiger partial charge in [-0.15, -0.1) is 0 Å². The van der Waals surface area contributed by atoms with Crippen LogP contribution in [0.25, 0.3) is 0 Å². The number of carbonyl (C=O) groups is 1. The standard InChI is InChI=1S/C13H14FN3O2/c1-16(10-5-3-9(14)4-6-10)8-12-11(13(18)19)7-15-17(12)2/h3-7H,8H2,1-2H3,(H,18,19). The zero-order valence-corrected chi connectivity index (χ0v) is 10.7. The average Bonchev–Trinajstić information content (AvgIpc) is 2.72. The quantitative estimate of drug-likeness (QED) is 0.915. The van der Waals surface area contributed by atoms with Crippen LogP contribution < -0.4 is 4.90 Å². The van der Waals surface area contributed by atoms with Crippen LogP contribution in [0.2, 0.25) is 0 Å². The van der Waals surface area contributed by atoms with Crippen LogP contribution in [0.1, 0.15) is 16.1 Å². The lowest BCUT2D eigenvalue weighted by Gasteiger charge is -2.19. The van der Waals surface area contributed by atoms with Crippen LogP contribution in [0, 0.1) is 5.82 Å². The summed E-state index contributed by atoms with van der Waals surface area (Å²) in [6.07, 6.45) is 1.33. The lowest BCUT2D eigenvalue weighted by atomic mass is 10.2. The molecule has 5 nitrogen and oxygen atoms in total. The van der Waals surface area contributed by atoms with Crippen molar-refractivity contribution >= 4 is 11.7 Å². The van der Waals surface area contributed by atoms with E-state index in [2.05, 4.69) is 5.10 Å². The number of hydrogen-bond acceptors (Lipinski definition) is 3. The molecule has 0 radical (unpaired) electrons. The van der Waals surface area contributed by atoms with Gasteiger partial charge < -0.3 is 10.0 Å². The summed E-state index contributed by atoms with van der Waals surface area (Å²) in [6, 6.07) is 6.03. The van der Waals surface area contributed by atoms with E-state index in [9.17, 15) is 9.18 Å². The first-order valence-electron chi connectivity index (χ1n) is 5.70. The molecule has 19 heavy (non-hydrogen) atoms. The molecule has 100 valence electrons. The number of anilines is 1. The molecule has 1 N–H and O–H groups in total. The lowest BCUT2D eigenvalue weighted by molar-refractivity contribution is 0.0695. The lowest BCUT2D eigenvalue weighted by Crippen LogP contribution is -2.20. The van der Waals surface area contributed by atoms with E-state index in [4.69, 9.17) is 5.11 Å². The largest absolute Gasteiger partial charge is 0.478 e. The number of aromatic carboxylic acids is 1. The maximum atomic E-state index is 12.9. The van der Waals surface area contributed by atoms with Gasteiger partial charge in [-0.2, -0.15) is 5.10 Å². The van der Waals surface area contributed by atoms with E-state index in [1.807, 2.05) is 11.9 Å². The minimum atomic E-state index is -1.00. The highest BCUT2D eigenvalue weighted by molar-refractivity contribution is 5.88. The van der Waals surface area contributed by atoms with Gasteiger partial charge in [-0.25, -0.2) is 9.18 Å². The van der Waals surface area contributed by atoms with Crippen LogP contribution in [0.15, 0.2) is 30.5 Å². The Bertz CT molecular complexity index is 592. The van der Waals surface area contributed by atoms with Crippen molar-refractivity contribution in [1.29, 1.82) is 0 Å². The minimum absolute atomic E-state index is 0.177. The van der Waals surface area contributed by atoms with Gasteiger partial charge in [0, 0.05) is 19.8 Å². The number of hydrogen-bond donors (Lipinski definition) is 1. The molecule has 0 atom stereocenters. The number of aromatic nitrogens is 2. The maximum Gasteiger partial charge on any atom is 0.339 e. The molecule has 1 aromatic carbocycles. The minimum Gasteiger partial charge on any atom is -0.478 e. The molecule has 1 heterocycles. The number of carboxylic acids is 1. The van der Waals surface area contributed by atoms with E-state index in [1.54, 1.807) is 19.2 Å². The zero-order valence-electron chi connectivity index (χ0n) is 10.7. The van der Waals surface area contributed by atoms with Gasteiger partial charge in [0.15, 0.2) is 0 Å². The summed E-state index contributed by atoms with van der Waals surface area (Å²) < 4.78 is 14.4. The first kappa shape index (κ1) is 13.1. The Labute approximate surface area is 109 Å². The monoisotopic (exact) mass is 263 g/mol. The molecule has 1 aromatic heterocycles. The van der Waals surface area contributed by atoms with E-state index in [0.717, 1.165) is 5.69 Å². The van der Waals surface area contributed by atoms with Crippen molar-refractivity contribution in [3.8, 4) is 0 Å². The van der Waals surface area contributed by atoms with Crippen LogP contribution in [0.5, 0.6) is 0 Å². The molecule has 2 rings (SSSR count). The van der Waals surface area contributed by atoms with Gasteiger partial charge in [0.05, 0.1) is 18.4 Å². The molecular weight excluding hydrogens is 249 g/mol. The Hall–Kier alpha value is -2.37. The van der Waals surface area contributed by atoms with E-state index >= 15 is 0 Å². The van der Waals surface area contributed by atoms with Crippen LogP contribution in [-0.2, 0) is 13.6 Å². The van der Waals surface area contributed by atoms with Crippen LogP contribution in [0.4, 0.5) is 10.1 Å². The predicted molar refractivity (Wildman–Crippen MR) is 68.7 cm³/mol. The number of benzene rings is 1. The normalized spacial score (nSPS) is 10.5. The molecule has 0 unspecified atom stereocenters. The smallest absolute Gasteiger partial charge is 0.339 e. The summed E-state index contributed by atoms with van der Waals surface area (Å²) in [4.78, 5) is 12.9. The third-order valence-corrected chi connectivity index (χ3v) is 2.95. The number of aryl methyl sites for hydroxylation is 1. The number of rotatable bonds is 4. The summed E-state index contributed by atoms with van der Waals surface area (Å²) in [5, 5.41) is 13.0. The van der Waals surface area contributed by atoms with Gasteiger partial charge >= 0.3 is 5.97 Å². The summed E-state index contributed by atoms with van der Waals surface area (Å²) in [5.41, 5.74) is 1.58. The molecule has 0 aliphatic heterocycles. The molecule has 0 aliphatic carbocycles. The van der Waals surface area contributed by atoms with Gasteiger partial charge in [-0.1, -0.05) is 0 Å². The number of nitrogens with zero attached hydrogens (tertiary/aromatic N) is 3. The van der Waals surface area contributed by atoms with Gasteiger partial charge in [-0.3, -0.25) is 4.68 Å². The van der Waals surface area contributed by atoms with Crippen LogP contribution >= 0.6 is 0 Å². The highest BCUT2D eigenvalue weighted by Gasteiger charge is 2.16. The zero-order chi connectivity index (χ0) is 14.0. The molecule has 0 fully saturated rings. The highest BCUT2D eigenvalue weighted by Crippen LogP contribution is 2.17. The van der Waals surface area contributed by atoms with Crippen LogP contribution in [-0.4, -0.2) is 27.9 Å². The first-order chi connectivity index (χ1) is 8.99. The van der Waals surface area contributed by atoms with E-state index in [-0.39, 0.29) is 11.4 Å².